The summed E-state index contributed by atoms with van der Waals surface area (Å²) in [5.41, 5.74) is 1.72. The van der Waals surface area contributed by atoms with Crippen molar-refractivity contribution in [3.05, 3.63) is 54.9 Å². The van der Waals surface area contributed by atoms with Crippen LogP contribution in [0.25, 0.3) is 47.5 Å². The number of aromatic nitrogens is 5. The van der Waals surface area contributed by atoms with Gasteiger partial charge < -0.3 is 0 Å². The molecule has 0 amide bonds. The molecule has 0 aliphatic carbocycles. The fourth-order valence-corrected chi connectivity index (χ4v) is 4.74. The third-order valence-corrected chi connectivity index (χ3v) is 5.70. The molecule has 4 heterocycles. The van der Waals surface area contributed by atoms with Crippen LogP contribution in [0, 0.1) is 0 Å². The van der Waals surface area contributed by atoms with Crippen molar-refractivity contribution >= 4 is 58.8 Å². The van der Waals surface area contributed by atoms with E-state index in [0.29, 0.717) is 0 Å². The Labute approximate surface area is 139 Å². The highest BCUT2D eigenvalue weighted by Crippen LogP contribution is 2.42. The van der Waals surface area contributed by atoms with Gasteiger partial charge in [0.1, 0.15) is 0 Å². The molecule has 0 fully saturated rings. The van der Waals surface area contributed by atoms with E-state index in [0.717, 1.165) is 21.3 Å². The largest absolute Gasteiger partial charge is 0.262 e. The van der Waals surface area contributed by atoms with Crippen LogP contribution in [0.5, 0.6) is 0 Å². The van der Waals surface area contributed by atoms with Gasteiger partial charge in [-0.3, -0.25) is 4.98 Å². The molecule has 4 aromatic heterocycles. The molecule has 0 radical (unpaired) electrons. The lowest BCUT2D eigenvalue weighted by atomic mass is 10.0. The normalized spacial score (nSPS) is 12.2. The molecule has 2 aromatic carbocycles. The van der Waals surface area contributed by atoms with Gasteiger partial charge >= 0.3 is 0 Å². The predicted molar refractivity (Wildman–Crippen MR) is 96.5 cm³/mol. The molecular formula is C18H9N5S. The minimum absolute atomic E-state index is 0.788. The molecule has 0 aliphatic rings. The number of nitrogens with zero attached hydrogens (tertiary/aromatic N) is 5. The Bertz CT molecular complexity index is 1410. The number of tetrazole rings is 1. The first-order valence-electron chi connectivity index (χ1n) is 7.59. The zero-order valence-corrected chi connectivity index (χ0v) is 13.2. The Morgan fingerprint density at radius 1 is 0.917 bits per heavy atom. The highest BCUT2D eigenvalue weighted by Gasteiger charge is 2.17. The molecule has 6 aromatic rings. The maximum Gasteiger partial charge on any atom is 0.197 e. The van der Waals surface area contributed by atoms with E-state index in [1.807, 2.05) is 18.5 Å². The summed E-state index contributed by atoms with van der Waals surface area (Å²) in [6, 6.07) is 14.9. The van der Waals surface area contributed by atoms with E-state index < -0.39 is 0 Å². The van der Waals surface area contributed by atoms with E-state index in [1.165, 1.54) is 26.2 Å². The lowest BCUT2D eigenvalue weighted by Gasteiger charge is -2.04. The number of pyridine rings is 2. The van der Waals surface area contributed by atoms with Gasteiger partial charge in [0.2, 0.25) is 0 Å². The van der Waals surface area contributed by atoms with Crippen molar-refractivity contribution in [1.82, 2.24) is 25.0 Å². The van der Waals surface area contributed by atoms with Gasteiger partial charge in [0.05, 0.1) is 16.4 Å². The zero-order chi connectivity index (χ0) is 15.7. The molecule has 112 valence electrons. The standard InChI is InChI=1S/C18H9N5S/c1-2-4-11-10(3-1)5-6-14-15(11)16-12-7-8-19-9-13(12)23-18(17(16)24-14)20-21-22-23/h1-9H. The minimum Gasteiger partial charge on any atom is -0.262 e. The number of benzene rings is 2. The van der Waals surface area contributed by atoms with E-state index in [2.05, 4.69) is 56.9 Å². The molecule has 0 atom stereocenters. The van der Waals surface area contributed by atoms with Gasteiger partial charge in [0.25, 0.3) is 0 Å². The highest BCUT2D eigenvalue weighted by molar-refractivity contribution is 7.26. The van der Waals surface area contributed by atoms with Crippen LogP contribution in [0.2, 0.25) is 0 Å². The summed E-state index contributed by atoms with van der Waals surface area (Å²) >= 11 is 1.74. The van der Waals surface area contributed by atoms with Crippen molar-refractivity contribution in [2.45, 2.75) is 0 Å². The Hall–Kier alpha value is -3.12. The first kappa shape index (κ1) is 12.3. The molecule has 0 N–H and O–H groups in total. The summed E-state index contributed by atoms with van der Waals surface area (Å²) in [6.45, 7) is 0. The van der Waals surface area contributed by atoms with E-state index in [9.17, 15) is 0 Å². The van der Waals surface area contributed by atoms with E-state index in [-0.39, 0.29) is 0 Å². The number of hydrogen-bond donors (Lipinski definition) is 0. The van der Waals surface area contributed by atoms with Gasteiger partial charge in [0.15, 0.2) is 5.65 Å². The SMILES string of the molecule is c1ccc2c(c1)ccc1sc3c(c4ccncc4n4nnnc34)c12. The predicted octanol–water partition coefficient (Wildman–Crippen LogP) is 4.19. The van der Waals surface area contributed by atoms with Crippen molar-refractivity contribution in [2.24, 2.45) is 0 Å². The van der Waals surface area contributed by atoms with Crippen molar-refractivity contribution in [3.63, 3.8) is 0 Å². The van der Waals surface area contributed by atoms with Crippen LogP contribution in [0.4, 0.5) is 0 Å². The van der Waals surface area contributed by atoms with E-state index >= 15 is 0 Å². The van der Waals surface area contributed by atoms with Gasteiger partial charge in [-0.25, -0.2) is 0 Å². The molecule has 0 bridgehead atoms. The van der Waals surface area contributed by atoms with Crippen LogP contribution < -0.4 is 0 Å². The number of hydrogen-bond acceptors (Lipinski definition) is 5. The highest BCUT2D eigenvalue weighted by atomic mass is 32.1. The van der Waals surface area contributed by atoms with Crippen molar-refractivity contribution in [3.8, 4) is 0 Å². The first-order valence-corrected chi connectivity index (χ1v) is 8.41. The maximum absolute atomic E-state index is 4.26. The molecule has 24 heavy (non-hydrogen) atoms. The van der Waals surface area contributed by atoms with Crippen molar-refractivity contribution in [2.75, 3.05) is 0 Å². The number of rotatable bonds is 0. The molecule has 6 rings (SSSR count). The van der Waals surface area contributed by atoms with Crippen LogP contribution in [0.15, 0.2) is 54.9 Å². The Balaban J connectivity index is 2.06. The number of thiophene rings is 1. The van der Waals surface area contributed by atoms with Gasteiger partial charge in [-0.15, -0.1) is 16.4 Å². The molecule has 0 saturated carbocycles. The summed E-state index contributed by atoms with van der Waals surface area (Å²) in [5, 5.41) is 18.4. The second kappa shape index (κ2) is 4.24. The van der Waals surface area contributed by atoms with E-state index in [1.54, 1.807) is 15.9 Å². The smallest absolute Gasteiger partial charge is 0.197 e. The van der Waals surface area contributed by atoms with Gasteiger partial charge in [-0.2, -0.15) is 4.52 Å². The molecule has 0 spiro atoms. The monoisotopic (exact) mass is 327 g/mol. The van der Waals surface area contributed by atoms with Crippen LogP contribution in [0.1, 0.15) is 0 Å². The van der Waals surface area contributed by atoms with Gasteiger partial charge in [0, 0.05) is 27.1 Å². The third kappa shape index (κ3) is 1.39. The van der Waals surface area contributed by atoms with Crippen LogP contribution in [-0.4, -0.2) is 25.0 Å². The molecule has 5 nitrogen and oxygen atoms in total. The lowest BCUT2D eigenvalue weighted by Crippen LogP contribution is -1.92. The summed E-state index contributed by atoms with van der Waals surface area (Å²) in [6.07, 6.45) is 3.65. The second-order valence-corrected chi connectivity index (χ2v) is 6.83. The summed E-state index contributed by atoms with van der Waals surface area (Å²) in [5.74, 6) is 0. The molecule has 0 aliphatic heterocycles. The molecular weight excluding hydrogens is 318 g/mol. The average Bonchev–Trinajstić information content (AvgIpc) is 3.26. The summed E-state index contributed by atoms with van der Waals surface area (Å²) in [7, 11) is 0. The Morgan fingerprint density at radius 3 is 2.88 bits per heavy atom. The quantitative estimate of drug-likeness (QED) is 0.420. The molecule has 0 unspecified atom stereocenters. The average molecular weight is 327 g/mol. The Kier molecular flexibility index (Phi) is 2.18. The Morgan fingerprint density at radius 2 is 1.88 bits per heavy atom. The van der Waals surface area contributed by atoms with Crippen LogP contribution in [-0.2, 0) is 0 Å². The van der Waals surface area contributed by atoms with Gasteiger partial charge in [-0.05, 0) is 33.3 Å². The molecule has 0 saturated heterocycles. The van der Waals surface area contributed by atoms with Gasteiger partial charge in [-0.1, -0.05) is 30.3 Å². The van der Waals surface area contributed by atoms with E-state index in [4.69, 9.17) is 0 Å². The summed E-state index contributed by atoms with van der Waals surface area (Å²) < 4.78 is 4.14. The first-order chi connectivity index (χ1) is 11.9. The fraction of sp³-hybridized carbons (Fsp3) is 0. The maximum atomic E-state index is 4.26. The van der Waals surface area contributed by atoms with Crippen molar-refractivity contribution in [1.29, 1.82) is 0 Å². The second-order valence-electron chi connectivity index (χ2n) is 5.77. The molecule has 6 heteroatoms. The topological polar surface area (TPSA) is 56.0 Å². The van der Waals surface area contributed by atoms with Crippen molar-refractivity contribution < 1.29 is 0 Å². The lowest BCUT2D eigenvalue weighted by molar-refractivity contribution is 0.841. The minimum atomic E-state index is 0.788. The zero-order valence-electron chi connectivity index (χ0n) is 12.3. The van der Waals surface area contributed by atoms with Crippen LogP contribution in [0.3, 0.4) is 0 Å². The summed E-state index contributed by atoms with van der Waals surface area (Å²) in [4.78, 5) is 4.26. The third-order valence-electron chi connectivity index (χ3n) is 4.55. The number of fused-ring (bicyclic) bond motifs is 10. The van der Waals surface area contributed by atoms with Crippen LogP contribution >= 0.6 is 11.3 Å². The fourth-order valence-electron chi connectivity index (χ4n) is 3.54.